The van der Waals surface area contributed by atoms with E-state index >= 15 is 0 Å². The van der Waals surface area contributed by atoms with Crippen molar-refractivity contribution in [3.05, 3.63) is 17.7 Å². The molecule has 2 fully saturated rings. The highest BCUT2D eigenvalue weighted by molar-refractivity contribution is 7.48. The molecule has 4 radical (unpaired) electrons. The minimum atomic E-state index is -4.35. The Balaban J connectivity index is 1.59. The van der Waals surface area contributed by atoms with E-state index in [9.17, 15) is 19.3 Å². The molecule has 43 heavy (non-hydrogen) atoms. The molecule has 0 saturated carbocycles. The first-order chi connectivity index (χ1) is 20.6. The third-order valence-electron chi connectivity index (χ3n) is 6.27. The number of phosphoric ester groups is 1. The van der Waals surface area contributed by atoms with Gasteiger partial charge in [-0.1, -0.05) is 0 Å². The molecule has 0 aliphatic carbocycles. The zero-order valence-electron chi connectivity index (χ0n) is 23.9. The lowest BCUT2D eigenvalue weighted by atomic mass is 9.96. The second-order valence-electron chi connectivity index (χ2n) is 9.23. The Hall–Kier alpha value is -2.83. The summed E-state index contributed by atoms with van der Waals surface area (Å²) in [6, 6.07) is 2.95. The molecule has 7 unspecified atom stereocenters. The first kappa shape index (κ1) is 34.7. The summed E-state index contributed by atoms with van der Waals surface area (Å²) in [6.07, 6.45) is -3.73. The van der Waals surface area contributed by atoms with Gasteiger partial charge in [-0.15, -0.1) is 0 Å². The summed E-state index contributed by atoms with van der Waals surface area (Å²) in [5, 5.41) is 18.3. The number of rotatable bonds is 16. The molecule has 0 spiro atoms. The number of aliphatic hydroxyl groups is 1. The van der Waals surface area contributed by atoms with Crippen molar-refractivity contribution in [2.45, 2.75) is 55.7 Å². The van der Waals surface area contributed by atoms with E-state index in [1.54, 1.807) is 0 Å². The number of carbonyl (C=O) groups is 2. The van der Waals surface area contributed by atoms with Gasteiger partial charge in [0.15, 0.2) is 18.1 Å². The lowest BCUT2D eigenvalue weighted by Crippen LogP contribution is -2.33. The zero-order chi connectivity index (χ0) is 31.6. The Bertz CT molecular complexity index is 1170. The van der Waals surface area contributed by atoms with E-state index in [0.717, 1.165) is 0 Å². The third-order valence-corrected chi connectivity index (χ3v) is 7.76. The number of nitriles is 1. The van der Waals surface area contributed by atoms with Gasteiger partial charge in [-0.05, 0) is 18.6 Å². The molecule has 1 N–H and O–H groups in total. The Kier molecular flexibility index (Phi) is 13.1. The van der Waals surface area contributed by atoms with Gasteiger partial charge in [0, 0.05) is 18.4 Å². The highest BCUT2D eigenvalue weighted by atomic mass is 31.2. The van der Waals surface area contributed by atoms with E-state index in [0.29, 0.717) is 0 Å². The Morgan fingerprint density at radius 2 is 1.65 bits per heavy atom. The van der Waals surface area contributed by atoms with Gasteiger partial charge in [0.25, 0.3) is 0 Å². The van der Waals surface area contributed by atoms with Crippen LogP contribution in [0.3, 0.4) is 0 Å². The molecule has 0 aromatic heterocycles. The molecule has 15 nitrogen and oxygen atoms in total. The molecule has 2 heterocycles. The van der Waals surface area contributed by atoms with Crippen LogP contribution < -0.4 is 14.2 Å². The lowest BCUT2D eigenvalue weighted by Gasteiger charge is -2.25. The molecule has 3 rings (SSSR count). The van der Waals surface area contributed by atoms with Crippen LogP contribution in [0.2, 0.25) is 0 Å². The van der Waals surface area contributed by atoms with Crippen molar-refractivity contribution in [3.63, 3.8) is 0 Å². The van der Waals surface area contributed by atoms with Gasteiger partial charge in [-0.25, -0.2) is 14.2 Å². The predicted molar refractivity (Wildman–Crippen MR) is 146 cm³/mol. The number of hydrogen-bond donors (Lipinski definition) is 1. The Morgan fingerprint density at radius 3 is 2.23 bits per heavy atom. The number of esters is 2. The minimum absolute atomic E-state index is 0.0315. The molecular formula is C25H32B2NO14P. The summed E-state index contributed by atoms with van der Waals surface area (Å²) in [5.74, 6) is -1.08. The van der Waals surface area contributed by atoms with Crippen molar-refractivity contribution < 1.29 is 66.0 Å². The summed E-state index contributed by atoms with van der Waals surface area (Å²) in [4.78, 5) is 25.2. The number of nitrogens with zero attached hydrogens (tertiary/aromatic N) is 1. The van der Waals surface area contributed by atoms with Gasteiger partial charge in [-0.2, -0.15) is 5.26 Å². The summed E-state index contributed by atoms with van der Waals surface area (Å²) < 4.78 is 66.6. The second-order valence-corrected chi connectivity index (χ2v) is 10.8. The molecule has 232 valence electrons. The van der Waals surface area contributed by atoms with Gasteiger partial charge in [-0.3, -0.25) is 13.6 Å². The van der Waals surface area contributed by atoms with Gasteiger partial charge in [0.05, 0.1) is 65.3 Å². The molecule has 2 aliphatic heterocycles. The van der Waals surface area contributed by atoms with Gasteiger partial charge < -0.3 is 38.3 Å². The van der Waals surface area contributed by atoms with Crippen LogP contribution in [0.25, 0.3) is 0 Å². The Labute approximate surface area is 251 Å². The maximum atomic E-state index is 13.4. The quantitative estimate of drug-likeness (QED) is 0.118. The van der Waals surface area contributed by atoms with E-state index in [1.165, 1.54) is 33.5 Å². The zero-order valence-corrected chi connectivity index (χ0v) is 24.8. The van der Waals surface area contributed by atoms with Crippen LogP contribution in [0.15, 0.2) is 12.1 Å². The van der Waals surface area contributed by atoms with Crippen LogP contribution in [-0.2, 0) is 41.9 Å². The largest absolute Gasteiger partial charge is 0.493 e. The molecule has 18 heteroatoms. The normalized spacial score (nSPS) is 26.2. The van der Waals surface area contributed by atoms with E-state index in [1.807, 2.05) is 6.07 Å². The molecule has 1 aromatic rings. The second kappa shape index (κ2) is 16.3. The fraction of sp³-hybridized carbons (Fsp3) is 0.640. The van der Waals surface area contributed by atoms with Crippen molar-refractivity contribution in [1.29, 1.82) is 5.26 Å². The molecule has 0 amide bonds. The number of phosphoric acid groups is 1. The standard InChI is InChI=1S/C25H32B2NO14P/c1-33-17-7-14(8-18(34-2)24(17)35-3)25(31)36-13-23(30)41-15-9-21(26)40-20(15)12-38-43(32,37-6-4-5-28)42-16-10-22(27)39-19(16)11-29/h7-8,15-16,19-22,29H,4,6,9-13H2,1-3H3. The highest BCUT2D eigenvalue weighted by Crippen LogP contribution is 2.53. The molecule has 0 bridgehead atoms. The van der Waals surface area contributed by atoms with Crippen LogP contribution in [0.4, 0.5) is 0 Å². The van der Waals surface area contributed by atoms with Gasteiger partial charge in [0.2, 0.25) is 5.75 Å². The van der Waals surface area contributed by atoms with Crippen LogP contribution in [0, 0.1) is 11.3 Å². The number of benzene rings is 1. The monoisotopic (exact) mass is 623 g/mol. The molecule has 2 aliphatic rings. The summed E-state index contributed by atoms with van der Waals surface area (Å²) in [6.45, 7) is -1.94. The number of hydrogen-bond acceptors (Lipinski definition) is 15. The summed E-state index contributed by atoms with van der Waals surface area (Å²) in [5.41, 5.74) is 0.0315. The number of methoxy groups -OCH3 is 3. The van der Waals surface area contributed by atoms with Crippen LogP contribution in [0.5, 0.6) is 17.2 Å². The minimum Gasteiger partial charge on any atom is -0.493 e. The van der Waals surface area contributed by atoms with Crippen LogP contribution in [-0.4, -0.2) is 117 Å². The number of carbonyl (C=O) groups excluding carboxylic acids is 2. The fourth-order valence-corrected chi connectivity index (χ4v) is 5.67. The van der Waals surface area contributed by atoms with Gasteiger partial charge >= 0.3 is 19.8 Å². The molecule has 2 saturated heterocycles. The predicted octanol–water partition coefficient (Wildman–Crippen LogP) is 0.780. The topological polar surface area (TPSA) is 188 Å². The summed E-state index contributed by atoms with van der Waals surface area (Å²) in [7, 11) is 11.4. The summed E-state index contributed by atoms with van der Waals surface area (Å²) >= 11 is 0. The molecule has 7 atom stereocenters. The highest BCUT2D eigenvalue weighted by Gasteiger charge is 2.43. The van der Waals surface area contributed by atoms with E-state index in [2.05, 4.69) is 0 Å². The lowest BCUT2D eigenvalue weighted by molar-refractivity contribution is -0.156. The Morgan fingerprint density at radius 1 is 1.02 bits per heavy atom. The first-order valence-electron chi connectivity index (χ1n) is 13.1. The van der Waals surface area contributed by atoms with Crippen molar-refractivity contribution >= 4 is 35.5 Å². The third kappa shape index (κ3) is 9.58. The van der Waals surface area contributed by atoms with Crippen molar-refractivity contribution in [3.8, 4) is 23.3 Å². The molecular weight excluding hydrogens is 591 g/mol. The fourth-order valence-electron chi connectivity index (χ4n) is 4.28. The van der Waals surface area contributed by atoms with Crippen molar-refractivity contribution in [2.24, 2.45) is 0 Å². The van der Waals surface area contributed by atoms with E-state index in [4.69, 9.17) is 67.7 Å². The van der Waals surface area contributed by atoms with Crippen LogP contribution in [0.1, 0.15) is 29.6 Å². The van der Waals surface area contributed by atoms with Crippen molar-refractivity contribution in [2.75, 3.05) is 47.8 Å². The maximum Gasteiger partial charge on any atom is 0.475 e. The van der Waals surface area contributed by atoms with Gasteiger partial charge in [0.1, 0.15) is 34.0 Å². The first-order valence-corrected chi connectivity index (χ1v) is 14.6. The van der Waals surface area contributed by atoms with Crippen molar-refractivity contribution in [1.82, 2.24) is 0 Å². The average molecular weight is 623 g/mol. The molecule has 1 aromatic carbocycles. The number of aliphatic hydroxyl groups excluding tert-OH is 1. The SMILES string of the molecule is [B]C1CC(OC(=O)COC(=O)c2cc(OC)c(OC)c(OC)c2)C(COP(=O)(OCCC#N)OC2CC([B])OC2CO)O1. The van der Waals surface area contributed by atoms with Crippen LogP contribution >= 0.6 is 7.82 Å². The van der Waals surface area contributed by atoms with E-state index in [-0.39, 0.29) is 48.7 Å². The maximum absolute atomic E-state index is 13.4. The average Bonchev–Trinajstić information content (AvgIpc) is 3.53. The number of ether oxygens (including phenoxy) is 7. The smallest absolute Gasteiger partial charge is 0.475 e. The van der Waals surface area contributed by atoms with E-state index < -0.39 is 76.0 Å².